The third-order valence-corrected chi connectivity index (χ3v) is 4.58. The molecular formula is C15H17N3O2. The van der Waals surface area contributed by atoms with E-state index in [-0.39, 0.29) is 11.9 Å². The predicted octanol–water partition coefficient (Wildman–Crippen LogP) is 1.62. The van der Waals surface area contributed by atoms with E-state index in [1.54, 1.807) is 12.5 Å². The van der Waals surface area contributed by atoms with Crippen LogP contribution in [-0.2, 0) is 0 Å². The monoisotopic (exact) mass is 271 g/mol. The molecule has 1 amide bonds. The summed E-state index contributed by atoms with van der Waals surface area (Å²) in [6.45, 7) is 2.97. The molecule has 1 aliphatic heterocycles. The number of hydrogen-bond acceptors (Lipinski definition) is 4. The Hall–Kier alpha value is -1.88. The van der Waals surface area contributed by atoms with Crippen LogP contribution >= 0.6 is 0 Å². The number of fused-ring (bicyclic) bond motifs is 3. The maximum absolute atomic E-state index is 12.4. The fourth-order valence-electron chi connectivity index (χ4n) is 3.50. The van der Waals surface area contributed by atoms with E-state index in [9.17, 15) is 4.79 Å². The van der Waals surface area contributed by atoms with E-state index in [1.165, 1.54) is 6.42 Å². The van der Waals surface area contributed by atoms with Gasteiger partial charge in [0.05, 0.1) is 6.26 Å². The summed E-state index contributed by atoms with van der Waals surface area (Å²) in [6.07, 6.45) is 5.53. The van der Waals surface area contributed by atoms with Crippen LogP contribution in [0.5, 0.6) is 0 Å². The molecule has 0 spiro atoms. The molecule has 2 fully saturated rings. The number of hydrogen-bond donors (Lipinski definition) is 2. The normalized spacial score (nSPS) is 28.1. The lowest BCUT2D eigenvalue weighted by molar-refractivity contribution is 0.0921. The van der Waals surface area contributed by atoms with Crippen molar-refractivity contribution in [1.82, 2.24) is 15.6 Å². The van der Waals surface area contributed by atoms with Crippen molar-refractivity contribution in [2.24, 2.45) is 5.92 Å². The molecule has 5 heteroatoms. The lowest BCUT2D eigenvalue weighted by Crippen LogP contribution is -2.44. The zero-order valence-corrected chi connectivity index (χ0v) is 11.3. The number of aryl methyl sites for hydroxylation is 1. The first-order chi connectivity index (χ1) is 9.72. The molecule has 0 radical (unpaired) electrons. The van der Waals surface area contributed by atoms with Crippen molar-refractivity contribution < 1.29 is 9.21 Å². The summed E-state index contributed by atoms with van der Waals surface area (Å²) in [6, 6.07) is 2.72. The van der Waals surface area contributed by atoms with Crippen LogP contribution in [0.4, 0.5) is 0 Å². The zero-order chi connectivity index (χ0) is 13.7. The van der Waals surface area contributed by atoms with E-state index in [1.807, 2.05) is 13.0 Å². The molecule has 1 saturated heterocycles. The van der Waals surface area contributed by atoms with Gasteiger partial charge in [0.1, 0.15) is 0 Å². The Morgan fingerprint density at radius 3 is 3.15 bits per heavy atom. The number of furan rings is 1. The summed E-state index contributed by atoms with van der Waals surface area (Å²) in [5.41, 5.74) is 2.01. The number of nitrogens with zero attached hydrogens (tertiary/aromatic N) is 1. The number of nitrogens with one attached hydrogen (secondary N) is 2. The molecule has 2 aromatic rings. The van der Waals surface area contributed by atoms with Crippen LogP contribution in [0.2, 0.25) is 0 Å². The highest BCUT2D eigenvalue weighted by Crippen LogP contribution is 2.31. The Labute approximate surface area is 116 Å². The fraction of sp³-hybridized carbons (Fsp3) is 0.467. The first kappa shape index (κ1) is 11.9. The van der Waals surface area contributed by atoms with Crippen molar-refractivity contribution in [2.75, 3.05) is 6.54 Å². The summed E-state index contributed by atoms with van der Waals surface area (Å²) in [5, 5.41) is 7.53. The summed E-state index contributed by atoms with van der Waals surface area (Å²) in [5.74, 6) is 0.434. The van der Waals surface area contributed by atoms with Gasteiger partial charge < -0.3 is 15.1 Å². The minimum atomic E-state index is -0.123. The standard InChI is InChI=1S/C15H17N3O2/c1-8-7-20-14-11(8)2-3-16-13(14)15(19)18-12-5-10-4-9(12)6-17-10/h2-3,7,9-10,12,17H,4-6H2,1H3,(H,18,19). The van der Waals surface area contributed by atoms with Crippen molar-refractivity contribution in [3.8, 4) is 0 Å². The van der Waals surface area contributed by atoms with Gasteiger partial charge in [-0.05, 0) is 37.3 Å². The molecule has 3 unspecified atom stereocenters. The zero-order valence-electron chi connectivity index (χ0n) is 11.3. The molecule has 20 heavy (non-hydrogen) atoms. The number of carbonyl (C=O) groups excluding carboxylic acids is 1. The van der Waals surface area contributed by atoms with Gasteiger partial charge >= 0.3 is 0 Å². The van der Waals surface area contributed by atoms with Gasteiger partial charge in [0.25, 0.3) is 5.91 Å². The van der Waals surface area contributed by atoms with E-state index < -0.39 is 0 Å². The van der Waals surface area contributed by atoms with Gasteiger partial charge in [-0.15, -0.1) is 0 Å². The summed E-state index contributed by atoms with van der Waals surface area (Å²) >= 11 is 0. The Kier molecular flexibility index (Phi) is 2.57. The minimum Gasteiger partial charge on any atom is -0.462 e. The van der Waals surface area contributed by atoms with E-state index in [4.69, 9.17) is 4.42 Å². The number of amides is 1. The summed E-state index contributed by atoms with van der Waals surface area (Å²) in [7, 11) is 0. The van der Waals surface area contributed by atoms with Crippen molar-refractivity contribution in [3.63, 3.8) is 0 Å². The molecule has 3 atom stereocenters. The van der Waals surface area contributed by atoms with Gasteiger partial charge in [0.15, 0.2) is 11.3 Å². The Balaban J connectivity index is 1.61. The molecule has 5 nitrogen and oxygen atoms in total. The molecule has 2 aromatic heterocycles. The first-order valence-electron chi connectivity index (χ1n) is 7.09. The molecule has 104 valence electrons. The molecule has 2 aliphatic rings. The number of rotatable bonds is 2. The second-order valence-electron chi connectivity index (χ2n) is 5.87. The molecule has 2 bridgehead atoms. The van der Waals surface area contributed by atoms with Crippen LogP contribution < -0.4 is 10.6 Å². The quantitative estimate of drug-likeness (QED) is 0.871. The van der Waals surface area contributed by atoms with E-state index in [0.717, 1.165) is 23.9 Å². The van der Waals surface area contributed by atoms with Crippen molar-refractivity contribution in [2.45, 2.75) is 31.8 Å². The molecule has 1 saturated carbocycles. The predicted molar refractivity (Wildman–Crippen MR) is 74.5 cm³/mol. The lowest BCUT2D eigenvalue weighted by atomic mass is 10.0. The van der Waals surface area contributed by atoms with Crippen molar-refractivity contribution in [3.05, 3.63) is 29.8 Å². The minimum absolute atomic E-state index is 0.123. The molecule has 3 heterocycles. The van der Waals surface area contributed by atoms with Gasteiger partial charge in [0.2, 0.25) is 0 Å². The van der Waals surface area contributed by atoms with Crippen LogP contribution in [0.1, 0.15) is 28.9 Å². The molecule has 2 N–H and O–H groups in total. The van der Waals surface area contributed by atoms with E-state index in [0.29, 0.717) is 23.2 Å². The Morgan fingerprint density at radius 1 is 1.50 bits per heavy atom. The lowest BCUT2D eigenvalue weighted by Gasteiger charge is -2.23. The average Bonchev–Trinajstić information content (AvgIpc) is 3.14. The second kappa shape index (κ2) is 4.31. The van der Waals surface area contributed by atoms with Gasteiger partial charge in [-0.1, -0.05) is 0 Å². The second-order valence-corrected chi connectivity index (χ2v) is 5.87. The molecule has 4 rings (SSSR count). The fourth-order valence-corrected chi connectivity index (χ4v) is 3.50. The summed E-state index contributed by atoms with van der Waals surface area (Å²) in [4.78, 5) is 16.6. The summed E-state index contributed by atoms with van der Waals surface area (Å²) < 4.78 is 5.49. The van der Waals surface area contributed by atoms with Crippen LogP contribution in [0.25, 0.3) is 11.0 Å². The average molecular weight is 271 g/mol. The largest absolute Gasteiger partial charge is 0.462 e. The topological polar surface area (TPSA) is 67.2 Å². The highest BCUT2D eigenvalue weighted by Gasteiger charge is 2.40. The number of piperidine rings is 1. The van der Waals surface area contributed by atoms with Crippen LogP contribution in [0.3, 0.4) is 0 Å². The van der Waals surface area contributed by atoms with Gasteiger partial charge in [-0.2, -0.15) is 0 Å². The maximum atomic E-state index is 12.4. The highest BCUT2D eigenvalue weighted by atomic mass is 16.3. The molecular weight excluding hydrogens is 254 g/mol. The van der Waals surface area contributed by atoms with Crippen LogP contribution in [-0.4, -0.2) is 29.5 Å². The number of aromatic nitrogens is 1. The van der Waals surface area contributed by atoms with E-state index >= 15 is 0 Å². The molecule has 0 aromatic carbocycles. The van der Waals surface area contributed by atoms with Gasteiger partial charge in [-0.25, -0.2) is 4.98 Å². The van der Waals surface area contributed by atoms with Gasteiger partial charge in [0, 0.05) is 30.2 Å². The molecule has 1 aliphatic carbocycles. The van der Waals surface area contributed by atoms with Gasteiger partial charge in [-0.3, -0.25) is 4.79 Å². The van der Waals surface area contributed by atoms with Crippen molar-refractivity contribution >= 4 is 16.9 Å². The number of carbonyl (C=O) groups is 1. The Bertz CT molecular complexity index is 679. The Morgan fingerprint density at radius 2 is 2.40 bits per heavy atom. The first-order valence-corrected chi connectivity index (χ1v) is 7.09. The van der Waals surface area contributed by atoms with Crippen LogP contribution in [0.15, 0.2) is 22.9 Å². The van der Waals surface area contributed by atoms with Crippen molar-refractivity contribution in [1.29, 1.82) is 0 Å². The SMILES string of the molecule is Cc1coc2c(C(=O)NC3CC4CC3CN4)nccc12. The maximum Gasteiger partial charge on any atom is 0.274 e. The smallest absolute Gasteiger partial charge is 0.274 e. The van der Waals surface area contributed by atoms with Crippen LogP contribution in [0, 0.1) is 12.8 Å². The third-order valence-electron chi connectivity index (χ3n) is 4.58. The van der Waals surface area contributed by atoms with E-state index in [2.05, 4.69) is 15.6 Å². The third kappa shape index (κ3) is 1.73. The highest BCUT2D eigenvalue weighted by molar-refractivity contribution is 6.03. The number of pyridine rings is 1.